The molecule has 0 unspecified atom stereocenters. The molecule has 0 heterocycles. The van der Waals surface area contributed by atoms with E-state index >= 15 is 0 Å². The molecular weight excluding hydrogens is 285 g/mol. The summed E-state index contributed by atoms with van der Waals surface area (Å²) in [7, 11) is 0. The molecule has 0 fully saturated rings. The molecule has 0 aromatic heterocycles. The molecule has 1 aromatic carbocycles. The Morgan fingerprint density at radius 1 is 1.56 bits per heavy atom. The molecule has 0 aliphatic heterocycles. The number of hydrogen-bond donors (Lipinski definition) is 1. The van der Waals surface area contributed by atoms with Crippen LogP contribution in [0, 0.1) is 10.1 Å². The minimum Gasteiger partial charge on any atom is -0.480 e. The maximum absolute atomic E-state index is 10.9. The van der Waals surface area contributed by atoms with Crippen molar-refractivity contribution >= 4 is 34.9 Å². The van der Waals surface area contributed by atoms with E-state index in [2.05, 4.69) is 0 Å². The van der Waals surface area contributed by atoms with E-state index in [1.807, 2.05) is 0 Å². The van der Waals surface area contributed by atoms with Gasteiger partial charge in [0.2, 0.25) is 5.75 Å². The highest BCUT2D eigenvalue weighted by atomic mass is 35.5. The van der Waals surface area contributed by atoms with E-state index in [0.717, 1.165) is 11.6 Å². The molecule has 96 valence electrons. The molecule has 0 radical (unpaired) electrons. The summed E-state index contributed by atoms with van der Waals surface area (Å²) in [6.45, 7) is -0.254. The molecule has 0 amide bonds. The minimum atomic E-state index is -1.33. The van der Waals surface area contributed by atoms with Gasteiger partial charge in [0.25, 0.3) is 0 Å². The summed E-state index contributed by atoms with van der Waals surface area (Å²) in [6.07, 6.45) is 0. The van der Waals surface area contributed by atoms with Gasteiger partial charge < -0.3 is 9.84 Å². The van der Waals surface area contributed by atoms with Crippen LogP contribution < -0.4 is 4.74 Å². The van der Waals surface area contributed by atoms with Crippen LogP contribution >= 0.6 is 23.2 Å². The molecule has 0 aliphatic rings. The van der Waals surface area contributed by atoms with Crippen molar-refractivity contribution in [3.63, 3.8) is 0 Å². The van der Waals surface area contributed by atoms with Crippen molar-refractivity contribution in [2.45, 2.75) is 0 Å². The molecule has 1 N–H and O–H groups in total. The van der Waals surface area contributed by atoms with E-state index in [0.29, 0.717) is 0 Å². The summed E-state index contributed by atoms with van der Waals surface area (Å²) >= 11 is 10.9. The highest BCUT2D eigenvalue weighted by Gasteiger charge is 2.23. The van der Waals surface area contributed by atoms with Crippen molar-refractivity contribution in [3.05, 3.63) is 44.4 Å². The first-order valence-corrected chi connectivity index (χ1v) is 5.37. The Hall–Kier alpha value is -1.79. The zero-order valence-corrected chi connectivity index (χ0v) is 10.3. The third kappa shape index (κ3) is 3.35. The smallest absolute Gasteiger partial charge is 0.339 e. The number of aromatic carboxylic acids is 1. The first-order valence-electron chi connectivity index (χ1n) is 4.55. The van der Waals surface area contributed by atoms with Crippen molar-refractivity contribution in [1.82, 2.24) is 0 Å². The van der Waals surface area contributed by atoms with Gasteiger partial charge >= 0.3 is 11.7 Å². The number of ether oxygens (including phenoxy) is 1. The SMILES string of the molecule is O=C(O)c1cccc([N+](=O)[O-])c1OC/C(Cl)=C/Cl. The van der Waals surface area contributed by atoms with E-state index in [1.54, 1.807) is 0 Å². The number of carboxylic acid groups (broad SMARTS) is 1. The normalized spacial score (nSPS) is 11.1. The van der Waals surface area contributed by atoms with Crippen molar-refractivity contribution in [3.8, 4) is 5.75 Å². The maximum atomic E-state index is 10.9. The van der Waals surface area contributed by atoms with Crippen molar-refractivity contribution in [1.29, 1.82) is 0 Å². The summed E-state index contributed by atoms with van der Waals surface area (Å²) < 4.78 is 5.04. The molecule has 6 nitrogen and oxygen atoms in total. The molecule has 0 atom stereocenters. The third-order valence-corrected chi connectivity index (χ3v) is 2.49. The monoisotopic (exact) mass is 291 g/mol. The summed E-state index contributed by atoms with van der Waals surface area (Å²) in [6, 6.07) is 3.59. The van der Waals surface area contributed by atoms with Crippen molar-refractivity contribution < 1.29 is 19.6 Å². The lowest BCUT2D eigenvalue weighted by Crippen LogP contribution is -2.07. The van der Waals surface area contributed by atoms with Crippen LogP contribution in [0.25, 0.3) is 0 Å². The van der Waals surface area contributed by atoms with Gasteiger partial charge in [-0.1, -0.05) is 29.3 Å². The number of carbonyl (C=O) groups is 1. The van der Waals surface area contributed by atoms with Gasteiger partial charge in [0.05, 0.1) is 9.96 Å². The van der Waals surface area contributed by atoms with Crippen LogP contribution in [-0.2, 0) is 0 Å². The fourth-order valence-corrected chi connectivity index (χ4v) is 1.28. The third-order valence-electron chi connectivity index (χ3n) is 1.89. The Kier molecular flexibility index (Phi) is 4.94. The van der Waals surface area contributed by atoms with Gasteiger partial charge in [-0.15, -0.1) is 0 Å². The summed E-state index contributed by atoms with van der Waals surface area (Å²) in [5, 5.41) is 19.8. The molecule has 0 saturated carbocycles. The van der Waals surface area contributed by atoms with Crippen LogP contribution in [0.4, 0.5) is 5.69 Å². The van der Waals surface area contributed by atoms with Crippen LogP contribution in [0.3, 0.4) is 0 Å². The topological polar surface area (TPSA) is 89.7 Å². The van der Waals surface area contributed by atoms with E-state index in [-0.39, 0.29) is 23.0 Å². The van der Waals surface area contributed by atoms with Gasteiger partial charge in [0.1, 0.15) is 12.2 Å². The van der Waals surface area contributed by atoms with Gasteiger partial charge in [-0.2, -0.15) is 0 Å². The van der Waals surface area contributed by atoms with Crippen molar-refractivity contribution in [2.75, 3.05) is 6.61 Å². The quantitative estimate of drug-likeness (QED) is 0.665. The second kappa shape index (κ2) is 6.23. The van der Waals surface area contributed by atoms with Crippen LogP contribution in [-0.4, -0.2) is 22.6 Å². The molecule has 18 heavy (non-hydrogen) atoms. The van der Waals surface area contributed by atoms with E-state index < -0.39 is 16.6 Å². The second-order valence-corrected chi connectivity index (χ2v) is 3.76. The molecule has 1 rings (SSSR count). The molecule has 0 spiro atoms. The van der Waals surface area contributed by atoms with Gasteiger partial charge in [-0.25, -0.2) is 4.79 Å². The number of nitrogens with zero attached hydrogens (tertiary/aromatic N) is 1. The lowest BCUT2D eigenvalue weighted by molar-refractivity contribution is -0.385. The first kappa shape index (κ1) is 14.3. The van der Waals surface area contributed by atoms with E-state index in [9.17, 15) is 14.9 Å². The molecule has 0 aliphatic carbocycles. The zero-order chi connectivity index (χ0) is 13.7. The Labute approximate surface area is 112 Å². The number of halogens is 2. The van der Waals surface area contributed by atoms with Crippen LogP contribution in [0.1, 0.15) is 10.4 Å². The van der Waals surface area contributed by atoms with E-state index in [4.69, 9.17) is 33.0 Å². The summed E-state index contributed by atoms with van der Waals surface area (Å²) in [4.78, 5) is 21.0. The summed E-state index contributed by atoms with van der Waals surface area (Å²) in [5.41, 5.74) is 0.258. The minimum absolute atomic E-state index is 0.0890. The Bertz CT molecular complexity index is 483. The number of para-hydroxylation sites is 1. The highest BCUT2D eigenvalue weighted by Crippen LogP contribution is 2.31. The number of benzene rings is 1. The van der Waals surface area contributed by atoms with Gasteiger partial charge in [0.15, 0.2) is 0 Å². The molecule has 1 aromatic rings. The second-order valence-electron chi connectivity index (χ2n) is 3.06. The number of carboxylic acids is 1. The van der Waals surface area contributed by atoms with Gasteiger partial charge in [-0.05, 0) is 6.07 Å². The predicted molar refractivity (Wildman–Crippen MR) is 65.3 cm³/mol. The Morgan fingerprint density at radius 2 is 2.22 bits per heavy atom. The Balaban J connectivity index is 3.19. The lowest BCUT2D eigenvalue weighted by Gasteiger charge is -2.08. The first-order chi connectivity index (χ1) is 8.47. The number of nitro benzene ring substituents is 1. The number of hydrogen-bond acceptors (Lipinski definition) is 4. The molecular formula is C10H7Cl2NO5. The highest BCUT2D eigenvalue weighted by molar-refractivity contribution is 6.36. The average Bonchev–Trinajstić information content (AvgIpc) is 2.34. The standard InChI is InChI=1S/C10H7Cl2NO5/c11-4-6(12)5-18-9-7(10(14)15)2-1-3-8(9)13(16)17/h1-4H,5H2,(H,14,15)/b6-4-. The fourth-order valence-electron chi connectivity index (χ4n) is 1.16. The maximum Gasteiger partial charge on any atom is 0.339 e. The summed E-state index contributed by atoms with van der Waals surface area (Å²) in [5.74, 6) is -1.69. The van der Waals surface area contributed by atoms with Crippen LogP contribution in [0.5, 0.6) is 5.75 Å². The fraction of sp³-hybridized carbons (Fsp3) is 0.100. The number of nitro groups is 1. The lowest BCUT2D eigenvalue weighted by atomic mass is 10.2. The Morgan fingerprint density at radius 3 is 2.72 bits per heavy atom. The van der Waals surface area contributed by atoms with Crippen LogP contribution in [0.2, 0.25) is 0 Å². The van der Waals surface area contributed by atoms with Gasteiger partial charge in [-0.3, -0.25) is 10.1 Å². The zero-order valence-electron chi connectivity index (χ0n) is 8.80. The van der Waals surface area contributed by atoms with E-state index in [1.165, 1.54) is 12.1 Å². The molecule has 0 saturated heterocycles. The average molecular weight is 292 g/mol. The van der Waals surface area contributed by atoms with Gasteiger partial charge in [0, 0.05) is 11.6 Å². The van der Waals surface area contributed by atoms with Crippen molar-refractivity contribution in [2.24, 2.45) is 0 Å². The largest absolute Gasteiger partial charge is 0.480 e. The predicted octanol–water partition coefficient (Wildman–Crippen LogP) is 2.99. The number of rotatable bonds is 5. The molecule has 0 bridgehead atoms. The molecule has 8 heteroatoms. The van der Waals surface area contributed by atoms with Crippen LogP contribution in [0.15, 0.2) is 28.8 Å².